The molecular formula is C18H21F3NO3+. The van der Waals surface area contributed by atoms with E-state index < -0.39 is 11.7 Å². The van der Waals surface area contributed by atoms with E-state index in [1.165, 1.54) is 33.5 Å². The smallest absolute Gasteiger partial charge is 0.416 e. The molecule has 0 saturated heterocycles. The highest BCUT2D eigenvalue weighted by Gasteiger charge is 2.33. The van der Waals surface area contributed by atoms with Gasteiger partial charge in [-0.3, -0.25) is 0 Å². The van der Waals surface area contributed by atoms with Gasteiger partial charge in [-0.05, 0) is 18.2 Å². The fourth-order valence-electron chi connectivity index (χ4n) is 2.62. The second-order valence-corrected chi connectivity index (χ2v) is 5.39. The minimum absolute atomic E-state index is 0.215. The molecule has 0 unspecified atom stereocenters. The first-order valence-corrected chi connectivity index (χ1v) is 7.66. The van der Waals surface area contributed by atoms with E-state index in [-0.39, 0.29) is 12.1 Å². The minimum atomic E-state index is -4.35. The first-order chi connectivity index (χ1) is 11.9. The summed E-state index contributed by atoms with van der Waals surface area (Å²) >= 11 is 0. The number of quaternary nitrogens is 1. The number of nitrogens with two attached hydrogens (primary N) is 1. The summed E-state index contributed by atoms with van der Waals surface area (Å²) in [6, 6.07) is 9.17. The maximum atomic E-state index is 13.0. The molecule has 0 aromatic heterocycles. The van der Waals surface area contributed by atoms with Crippen molar-refractivity contribution < 1.29 is 32.7 Å². The van der Waals surface area contributed by atoms with Gasteiger partial charge in [-0.1, -0.05) is 18.2 Å². The van der Waals surface area contributed by atoms with E-state index in [1.54, 1.807) is 23.5 Å². The molecule has 0 fully saturated rings. The summed E-state index contributed by atoms with van der Waals surface area (Å²) in [5, 5.41) is 1.80. The van der Waals surface area contributed by atoms with Crippen molar-refractivity contribution in [2.24, 2.45) is 0 Å². The van der Waals surface area contributed by atoms with Gasteiger partial charge >= 0.3 is 6.18 Å². The molecule has 2 N–H and O–H groups in total. The zero-order valence-electron chi connectivity index (χ0n) is 14.3. The van der Waals surface area contributed by atoms with Crippen molar-refractivity contribution >= 4 is 0 Å². The predicted octanol–water partition coefficient (Wildman–Crippen LogP) is 2.99. The van der Waals surface area contributed by atoms with Crippen molar-refractivity contribution in [1.82, 2.24) is 0 Å². The molecular weight excluding hydrogens is 335 g/mol. The van der Waals surface area contributed by atoms with Crippen molar-refractivity contribution in [3.05, 3.63) is 53.1 Å². The van der Waals surface area contributed by atoms with Crippen LogP contribution in [0.3, 0.4) is 0 Å². The minimum Gasteiger partial charge on any atom is -0.493 e. The van der Waals surface area contributed by atoms with Crippen molar-refractivity contribution in [1.29, 1.82) is 0 Å². The average Bonchev–Trinajstić information content (AvgIpc) is 2.60. The Balaban J connectivity index is 2.13. The number of alkyl halides is 3. The van der Waals surface area contributed by atoms with Gasteiger partial charge < -0.3 is 19.5 Å². The summed E-state index contributed by atoms with van der Waals surface area (Å²) < 4.78 is 54.9. The molecule has 0 amide bonds. The van der Waals surface area contributed by atoms with Crippen LogP contribution >= 0.6 is 0 Å². The molecule has 0 aliphatic carbocycles. The Morgan fingerprint density at radius 3 is 2.00 bits per heavy atom. The second-order valence-electron chi connectivity index (χ2n) is 5.39. The monoisotopic (exact) mass is 356 g/mol. The van der Waals surface area contributed by atoms with E-state index in [9.17, 15) is 13.2 Å². The molecule has 0 heterocycles. The number of benzene rings is 2. The summed E-state index contributed by atoms with van der Waals surface area (Å²) in [4.78, 5) is 0. The van der Waals surface area contributed by atoms with Gasteiger partial charge in [0.25, 0.3) is 0 Å². The molecule has 0 radical (unpaired) electrons. The number of ether oxygens (including phenoxy) is 3. The Kier molecular flexibility index (Phi) is 6.14. The van der Waals surface area contributed by atoms with Crippen LogP contribution in [0.4, 0.5) is 13.2 Å². The SMILES string of the molecule is COc1cc(C[NH2+]Cc2ccccc2C(F)(F)F)cc(OC)c1OC. The van der Waals surface area contributed by atoms with E-state index in [0.717, 1.165) is 11.6 Å². The van der Waals surface area contributed by atoms with Gasteiger partial charge in [-0.25, -0.2) is 0 Å². The molecule has 25 heavy (non-hydrogen) atoms. The third-order valence-electron chi connectivity index (χ3n) is 3.79. The van der Waals surface area contributed by atoms with Crippen LogP contribution in [0, 0.1) is 0 Å². The standard InChI is InChI=1S/C18H20F3NO3/c1-23-15-8-12(9-16(24-2)17(15)25-3)10-22-11-13-6-4-5-7-14(13)18(19,20)21/h4-9,22H,10-11H2,1-3H3/p+1. The molecule has 0 aliphatic rings. The lowest BCUT2D eigenvalue weighted by molar-refractivity contribution is -0.686. The van der Waals surface area contributed by atoms with Crippen molar-refractivity contribution in [3.63, 3.8) is 0 Å². The molecule has 2 aromatic carbocycles. The summed E-state index contributed by atoms with van der Waals surface area (Å²) in [6.45, 7) is 0.690. The Bertz CT molecular complexity index is 692. The van der Waals surface area contributed by atoms with E-state index >= 15 is 0 Å². The molecule has 0 saturated carbocycles. The third kappa shape index (κ3) is 4.57. The fraction of sp³-hybridized carbons (Fsp3) is 0.333. The molecule has 136 valence electrons. The fourth-order valence-corrected chi connectivity index (χ4v) is 2.62. The van der Waals surface area contributed by atoms with Crippen LogP contribution in [0.15, 0.2) is 36.4 Å². The Hall–Kier alpha value is -2.41. The first-order valence-electron chi connectivity index (χ1n) is 7.66. The number of methoxy groups -OCH3 is 3. The van der Waals surface area contributed by atoms with Crippen LogP contribution in [0.5, 0.6) is 17.2 Å². The highest BCUT2D eigenvalue weighted by atomic mass is 19.4. The van der Waals surface area contributed by atoms with Crippen LogP contribution in [0.2, 0.25) is 0 Å². The quantitative estimate of drug-likeness (QED) is 0.830. The first kappa shape index (κ1) is 18.9. The average molecular weight is 356 g/mol. The lowest BCUT2D eigenvalue weighted by atomic mass is 10.1. The highest BCUT2D eigenvalue weighted by Crippen LogP contribution is 2.38. The van der Waals surface area contributed by atoms with Gasteiger partial charge in [0.1, 0.15) is 13.1 Å². The van der Waals surface area contributed by atoms with Crippen LogP contribution in [-0.2, 0) is 19.3 Å². The third-order valence-corrected chi connectivity index (χ3v) is 3.79. The molecule has 2 aromatic rings. The maximum Gasteiger partial charge on any atom is 0.416 e. The Morgan fingerprint density at radius 2 is 1.48 bits per heavy atom. The van der Waals surface area contributed by atoms with Crippen LogP contribution in [0.1, 0.15) is 16.7 Å². The summed E-state index contributed by atoms with van der Waals surface area (Å²) in [6.07, 6.45) is -4.35. The van der Waals surface area contributed by atoms with E-state index in [4.69, 9.17) is 14.2 Å². The van der Waals surface area contributed by atoms with Gasteiger partial charge in [0.05, 0.1) is 26.9 Å². The lowest BCUT2D eigenvalue weighted by Crippen LogP contribution is -2.80. The molecule has 4 nitrogen and oxygen atoms in total. The zero-order valence-corrected chi connectivity index (χ0v) is 14.3. The largest absolute Gasteiger partial charge is 0.493 e. The van der Waals surface area contributed by atoms with Crippen molar-refractivity contribution in [3.8, 4) is 17.2 Å². The predicted molar refractivity (Wildman–Crippen MR) is 86.9 cm³/mol. The molecule has 7 heteroatoms. The molecule has 2 rings (SSSR count). The highest BCUT2D eigenvalue weighted by molar-refractivity contribution is 5.53. The normalized spacial score (nSPS) is 11.3. The summed E-state index contributed by atoms with van der Waals surface area (Å²) in [5.74, 6) is 1.51. The zero-order chi connectivity index (χ0) is 18.4. The van der Waals surface area contributed by atoms with E-state index in [2.05, 4.69) is 0 Å². The van der Waals surface area contributed by atoms with Crippen molar-refractivity contribution in [2.75, 3.05) is 21.3 Å². The summed E-state index contributed by atoms with van der Waals surface area (Å²) in [5.41, 5.74) is 0.512. The van der Waals surface area contributed by atoms with Crippen LogP contribution < -0.4 is 19.5 Å². The van der Waals surface area contributed by atoms with Gasteiger partial charge in [-0.15, -0.1) is 0 Å². The number of rotatable bonds is 7. The topological polar surface area (TPSA) is 44.3 Å². The van der Waals surface area contributed by atoms with E-state index in [0.29, 0.717) is 23.8 Å². The lowest BCUT2D eigenvalue weighted by Gasteiger charge is -2.14. The van der Waals surface area contributed by atoms with Crippen molar-refractivity contribution in [2.45, 2.75) is 19.3 Å². The molecule has 0 spiro atoms. The number of halogens is 3. The molecule has 0 bridgehead atoms. The van der Waals surface area contributed by atoms with Gasteiger partial charge in [-0.2, -0.15) is 13.2 Å². The molecule has 0 atom stereocenters. The Labute approximate surface area is 144 Å². The second kappa shape index (κ2) is 8.11. The van der Waals surface area contributed by atoms with Gasteiger partial charge in [0.15, 0.2) is 11.5 Å². The number of hydrogen-bond acceptors (Lipinski definition) is 3. The van der Waals surface area contributed by atoms with Gasteiger partial charge in [0.2, 0.25) is 5.75 Å². The van der Waals surface area contributed by atoms with Crippen LogP contribution in [-0.4, -0.2) is 21.3 Å². The maximum absolute atomic E-state index is 13.0. The number of hydrogen-bond donors (Lipinski definition) is 1. The molecule has 0 aliphatic heterocycles. The Morgan fingerprint density at radius 1 is 0.880 bits per heavy atom. The van der Waals surface area contributed by atoms with Gasteiger partial charge in [0, 0.05) is 11.1 Å². The van der Waals surface area contributed by atoms with Crippen LogP contribution in [0.25, 0.3) is 0 Å². The van der Waals surface area contributed by atoms with E-state index in [1.807, 2.05) is 0 Å². The summed E-state index contributed by atoms with van der Waals surface area (Å²) in [7, 11) is 4.55.